The molecule has 1 amide bonds. The number of aryl methyl sites for hydroxylation is 1. The van der Waals surface area contributed by atoms with E-state index in [1.165, 1.54) is 18.8 Å². The van der Waals surface area contributed by atoms with Gasteiger partial charge in [0.15, 0.2) is 5.69 Å². The van der Waals surface area contributed by atoms with Crippen LogP contribution in [0, 0.1) is 0 Å². The third-order valence-electron chi connectivity index (χ3n) is 2.68. The van der Waals surface area contributed by atoms with Gasteiger partial charge < -0.3 is 5.32 Å². The number of nitrogens with one attached hydrogen (secondary N) is 1. The van der Waals surface area contributed by atoms with E-state index in [1.54, 1.807) is 12.3 Å². The van der Waals surface area contributed by atoms with Crippen LogP contribution in [0.2, 0.25) is 0 Å². The summed E-state index contributed by atoms with van der Waals surface area (Å²) in [7, 11) is 1.30. The molecule has 2 aromatic rings. The van der Waals surface area contributed by atoms with Crippen LogP contribution < -0.4 is 5.32 Å². The number of pyridine rings is 1. The zero-order valence-electron chi connectivity index (χ0n) is 11.6. The van der Waals surface area contributed by atoms with Crippen LogP contribution in [0.4, 0.5) is 13.2 Å². The molecule has 0 aliphatic rings. The van der Waals surface area contributed by atoms with Crippen molar-refractivity contribution >= 4 is 17.7 Å². The minimum atomic E-state index is -4.56. The minimum Gasteiger partial charge on any atom is -0.350 e. The van der Waals surface area contributed by atoms with Gasteiger partial charge in [0.2, 0.25) is 0 Å². The van der Waals surface area contributed by atoms with E-state index in [0.717, 1.165) is 15.8 Å². The highest BCUT2D eigenvalue weighted by Crippen LogP contribution is 2.28. The van der Waals surface area contributed by atoms with E-state index in [4.69, 9.17) is 0 Å². The standard InChI is InChI=1S/C13H13F3N4OS/c1-20-9(8-10(19-20)13(14,15)16)12(21)18-6-7-22-11-4-2-3-5-17-11/h2-5,8H,6-7H2,1H3,(H,18,21). The van der Waals surface area contributed by atoms with Gasteiger partial charge in [0.25, 0.3) is 5.91 Å². The molecule has 0 saturated heterocycles. The van der Waals surface area contributed by atoms with Crippen LogP contribution in [-0.4, -0.2) is 33.0 Å². The molecular weight excluding hydrogens is 317 g/mol. The van der Waals surface area contributed by atoms with E-state index in [-0.39, 0.29) is 5.69 Å². The van der Waals surface area contributed by atoms with E-state index < -0.39 is 17.8 Å². The second-order valence-electron chi connectivity index (χ2n) is 4.31. The maximum atomic E-state index is 12.5. The van der Waals surface area contributed by atoms with Crippen LogP contribution in [-0.2, 0) is 13.2 Å². The van der Waals surface area contributed by atoms with E-state index in [2.05, 4.69) is 15.4 Å². The van der Waals surface area contributed by atoms with Crippen LogP contribution in [0.15, 0.2) is 35.5 Å². The molecule has 2 aromatic heterocycles. The molecule has 5 nitrogen and oxygen atoms in total. The first-order valence-corrected chi connectivity index (χ1v) is 7.30. The van der Waals surface area contributed by atoms with Crippen LogP contribution >= 0.6 is 11.8 Å². The largest absolute Gasteiger partial charge is 0.435 e. The zero-order chi connectivity index (χ0) is 16.2. The summed E-state index contributed by atoms with van der Waals surface area (Å²) >= 11 is 1.44. The second-order valence-corrected chi connectivity index (χ2v) is 5.42. The lowest BCUT2D eigenvalue weighted by atomic mass is 10.3. The van der Waals surface area contributed by atoms with E-state index >= 15 is 0 Å². The molecule has 0 atom stereocenters. The van der Waals surface area contributed by atoms with Gasteiger partial charge in [-0.05, 0) is 12.1 Å². The van der Waals surface area contributed by atoms with Crippen molar-refractivity contribution in [3.05, 3.63) is 41.9 Å². The average Bonchev–Trinajstić information content (AvgIpc) is 2.87. The predicted molar refractivity (Wildman–Crippen MR) is 75.5 cm³/mol. The molecule has 0 radical (unpaired) electrons. The number of alkyl halides is 3. The first-order valence-electron chi connectivity index (χ1n) is 6.31. The van der Waals surface area contributed by atoms with Crippen LogP contribution in [0.5, 0.6) is 0 Å². The topological polar surface area (TPSA) is 59.8 Å². The lowest BCUT2D eigenvalue weighted by molar-refractivity contribution is -0.141. The quantitative estimate of drug-likeness (QED) is 0.675. The van der Waals surface area contributed by atoms with Gasteiger partial charge in [-0.2, -0.15) is 18.3 Å². The fourth-order valence-electron chi connectivity index (χ4n) is 1.66. The molecule has 22 heavy (non-hydrogen) atoms. The lowest BCUT2D eigenvalue weighted by Gasteiger charge is -2.04. The fraction of sp³-hybridized carbons (Fsp3) is 0.308. The number of nitrogens with zero attached hydrogens (tertiary/aromatic N) is 3. The fourth-order valence-corrected chi connectivity index (χ4v) is 2.38. The second kappa shape index (κ2) is 6.82. The third kappa shape index (κ3) is 4.23. The molecule has 0 unspecified atom stereocenters. The summed E-state index contributed by atoms with van der Waals surface area (Å²) in [5.41, 5.74) is -1.21. The highest BCUT2D eigenvalue weighted by molar-refractivity contribution is 7.99. The summed E-state index contributed by atoms with van der Waals surface area (Å²) in [6.45, 7) is 0.312. The molecule has 0 aliphatic carbocycles. The van der Waals surface area contributed by atoms with E-state index in [0.29, 0.717) is 12.3 Å². The Morgan fingerprint density at radius 3 is 2.77 bits per heavy atom. The number of amides is 1. The van der Waals surface area contributed by atoms with Crippen molar-refractivity contribution in [1.29, 1.82) is 0 Å². The number of hydrogen-bond donors (Lipinski definition) is 1. The van der Waals surface area contributed by atoms with Crippen LogP contribution in [0.25, 0.3) is 0 Å². The van der Waals surface area contributed by atoms with Gasteiger partial charge in [-0.1, -0.05) is 6.07 Å². The number of aromatic nitrogens is 3. The van der Waals surface area contributed by atoms with Crippen LogP contribution in [0.1, 0.15) is 16.2 Å². The summed E-state index contributed by atoms with van der Waals surface area (Å²) < 4.78 is 38.5. The molecule has 1 N–H and O–H groups in total. The van der Waals surface area contributed by atoms with Gasteiger partial charge in [-0.25, -0.2) is 4.98 Å². The normalized spacial score (nSPS) is 11.5. The molecule has 118 valence electrons. The molecule has 2 heterocycles. The molecular formula is C13H13F3N4OS. The lowest BCUT2D eigenvalue weighted by Crippen LogP contribution is -2.27. The Morgan fingerprint density at radius 2 is 2.18 bits per heavy atom. The summed E-state index contributed by atoms with van der Waals surface area (Å²) in [4.78, 5) is 16.0. The average molecular weight is 330 g/mol. The first kappa shape index (κ1) is 16.3. The number of carbonyl (C=O) groups excluding carboxylic acids is 1. The zero-order valence-corrected chi connectivity index (χ0v) is 12.4. The van der Waals surface area contributed by atoms with Gasteiger partial charge in [0, 0.05) is 31.6 Å². The summed E-state index contributed by atoms with van der Waals surface area (Å²) in [6.07, 6.45) is -2.90. The predicted octanol–water partition coefficient (Wildman–Crippen LogP) is 2.36. The Labute approximate surface area is 128 Å². The monoisotopic (exact) mass is 330 g/mol. The van der Waals surface area contributed by atoms with Gasteiger partial charge in [0.1, 0.15) is 5.69 Å². The van der Waals surface area contributed by atoms with Gasteiger partial charge in [-0.15, -0.1) is 11.8 Å². The number of thioether (sulfide) groups is 1. The summed E-state index contributed by atoms with van der Waals surface area (Å²) in [6, 6.07) is 6.22. The van der Waals surface area contributed by atoms with Crippen molar-refractivity contribution in [2.24, 2.45) is 7.05 Å². The highest BCUT2D eigenvalue weighted by Gasteiger charge is 2.35. The minimum absolute atomic E-state index is 0.129. The molecule has 0 bridgehead atoms. The van der Waals surface area contributed by atoms with E-state index in [9.17, 15) is 18.0 Å². The first-order chi connectivity index (χ1) is 10.4. The Hall–Kier alpha value is -2.03. The number of hydrogen-bond acceptors (Lipinski definition) is 4. The van der Waals surface area contributed by atoms with Crippen molar-refractivity contribution < 1.29 is 18.0 Å². The van der Waals surface area contributed by atoms with Crippen LogP contribution in [0.3, 0.4) is 0 Å². The molecule has 0 aliphatic heterocycles. The Kier molecular flexibility index (Phi) is 5.07. The summed E-state index contributed by atoms with van der Waals surface area (Å²) in [5, 5.41) is 6.67. The SMILES string of the molecule is Cn1nc(C(F)(F)F)cc1C(=O)NCCSc1ccccn1. The van der Waals surface area contributed by atoms with Gasteiger partial charge in [0.05, 0.1) is 5.03 Å². The smallest absolute Gasteiger partial charge is 0.350 e. The summed E-state index contributed by atoms with van der Waals surface area (Å²) in [5.74, 6) is -0.0284. The Balaban J connectivity index is 1.86. The Bertz CT molecular complexity index is 642. The van der Waals surface area contributed by atoms with Gasteiger partial charge in [-0.3, -0.25) is 9.48 Å². The van der Waals surface area contributed by atoms with E-state index in [1.807, 2.05) is 12.1 Å². The van der Waals surface area contributed by atoms with Crippen molar-refractivity contribution in [3.63, 3.8) is 0 Å². The third-order valence-corrected chi connectivity index (χ3v) is 3.62. The van der Waals surface area contributed by atoms with Crippen molar-refractivity contribution in [2.45, 2.75) is 11.2 Å². The highest BCUT2D eigenvalue weighted by atomic mass is 32.2. The molecule has 0 spiro atoms. The molecule has 0 fully saturated rings. The van der Waals surface area contributed by atoms with Crippen molar-refractivity contribution in [3.8, 4) is 0 Å². The number of halogens is 3. The van der Waals surface area contributed by atoms with Crippen molar-refractivity contribution in [1.82, 2.24) is 20.1 Å². The maximum Gasteiger partial charge on any atom is 0.435 e. The molecule has 9 heteroatoms. The molecule has 2 rings (SSSR count). The Morgan fingerprint density at radius 1 is 1.41 bits per heavy atom. The molecule has 0 saturated carbocycles. The number of carbonyl (C=O) groups is 1. The molecule has 0 aromatic carbocycles. The maximum absolute atomic E-state index is 12.5. The van der Waals surface area contributed by atoms with Gasteiger partial charge >= 0.3 is 6.18 Å². The van der Waals surface area contributed by atoms with Crippen molar-refractivity contribution in [2.75, 3.05) is 12.3 Å². The number of rotatable bonds is 5.